The monoisotopic (exact) mass is 382 g/mol. The van der Waals surface area contributed by atoms with Gasteiger partial charge in [0.2, 0.25) is 0 Å². The Morgan fingerprint density at radius 2 is 2.18 bits per heavy atom. The Balaban J connectivity index is 1.38. The van der Waals surface area contributed by atoms with E-state index in [2.05, 4.69) is 20.5 Å². The Labute approximate surface area is 162 Å². The molecule has 3 aromatic rings. The zero-order valence-corrected chi connectivity index (χ0v) is 15.9. The Hall–Kier alpha value is -3.23. The fourth-order valence-corrected chi connectivity index (χ4v) is 3.22. The van der Waals surface area contributed by atoms with Gasteiger partial charge in [0.1, 0.15) is 5.75 Å². The van der Waals surface area contributed by atoms with Crippen LogP contribution in [0, 0.1) is 0 Å². The van der Waals surface area contributed by atoms with Gasteiger partial charge in [-0.1, -0.05) is 35.5 Å². The number of carbonyl (C=O) groups excluding carboxylic acids is 1. The Morgan fingerprint density at radius 3 is 2.93 bits per heavy atom. The van der Waals surface area contributed by atoms with Crippen molar-refractivity contribution in [2.45, 2.75) is 38.8 Å². The van der Waals surface area contributed by atoms with Gasteiger partial charge in [-0.25, -0.2) is 4.68 Å². The molecule has 9 nitrogen and oxygen atoms in total. The van der Waals surface area contributed by atoms with Gasteiger partial charge in [0, 0.05) is 19.5 Å². The number of para-hydroxylation sites is 1. The summed E-state index contributed by atoms with van der Waals surface area (Å²) >= 11 is 0. The Kier molecular flexibility index (Phi) is 5.05. The Morgan fingerprint density at radius 1 is 1.36 bits per heavy atom. The highest BCUT2D eigenvalue weighted by Gasteiger charge is 2.31. The molecule has 1 aliphatic heterocycles. The quantitative estimate of drug-likeness (QED) is 0.644. The lowest BCUT2D eigenvalue weighted by atomic mass is 10.3. The molecule has 0 radical (unpaired) electrons. The fourth-order valence-electron chi connectivity index (χ4n) is 3.22. The molecule has 1 fully saturated rings. The number of hydrogen-bond acceptors (Lipinski definition) is 7. The van der Waals surface area contributed by atoms with Crippen LogP contribution in [0.25, 0.3) is 11.6 Å². The summed E-state index contributed by atoms with van der Waals surface area (Å²) in [6, 6.07) is 9.42. The van der Waals surface area contributed by atoms with E-state index >= 15 is 0 Å². The van der Waals surface area contributed by atoms with E-state index in [1.165, 1.54) is 0 Å². The fraction of sp³-hybridized carbons (Fsp3) is 0.421. The normalized spacial score (nSPS) is 17.6. The van der Waals surface area contributed by atoms with Crippen molar-refractivity contribution in [2.24, 2.45) is 0 Å². The van der Waals surface area contributed by atoms with Gasteiger partial charge in [-0.3, -0.25) is 4.79 Å². The highest BCUT2D eigenvalue weighted by Crippen LogP contribution is 2.24. The van der Waals surface area contributed by atoms with Crippen LogP contribution in [0.1, 0.15) is 32.1 Å². The van der Waals surface area contributed by atoms with E-state index in [9.17, 15) is 4.79 Å². The summed E-state index contributed by atoms with van der Waals surface area (Å²) < 4.78 is 12.7. The molecule has 28 heavy (non-hydrogen) atoms. The molecular formula is C19H22N6O3. The van der Waals surface area contributed by atoms with Crippen molar-refractivity contribution in [3.63, 3.8) is 0 Å². The molecule has 0 spiro atoms. The molecular weight excluding hydrogens is 360 g/mol. The van der Waals surface area contributed by atoms with Crippen molar-refractivity contribution in [2.75, 3.05) is 13.1 Å². The van der Waals surface area contributed by atoms with Crippen molar-refractivity contribution in [1.29, 1.82) is 0 Å². The minimum Gasteiger partial charge on any atom is -0.481 e. The van der Waals surface area contributed by atoms with Crippen LogP contribution in [0.3, 0.4) is 0 Å². The standard InChI is InChI=1S/C19H22N6O3/c1-3-17-20-18(28-22-17)16-12-25(23-21-16)14-9-10-24(11-14)19(26)13(2)27-15-7-5-4-6-8-15/h4-8,12-14H,3,9-11H2,1-2H3/t13-,14+/m1/s1. The average Bonchev–Trinajstić information content (AvgIpc) is 3.47. The predicted molar refractivity (Wildman–Crippen MR) is 99.5 cm³/mol. The van der Waals surface area contributed by atoms with Crippen molar-refractivity contribution in [1.82, 2.24) is 30.0 Å². The first kappa shape index (κ1) is 18.1. The summed E-state index contributed by atoms with van der Waals surface area (Å²) in [6.07, 6.45) is 2.74. The van der Waals surface area contributed by atoms with E-state index in [-0.39, 0.29) is 11.9 Å². The van der Waals surface area contributed by atoms with Gasteiger partial charge >= 0.3 is 0 Å². The van der Waals surface area contributed by atoms with Crippen LogP contribution < -0.4 is 4.74 Å². The lowest BCUT2D eigenvalue weighted by Gasteiger charge is -2.21. The van der Waals surface area contributed by atoms with Crippen LogP contribution in [-0.2, 0) is 11.2 Å². The van der Waals surface area contributed by atoms with Gasteiger partial charge in [0.05, 0.1) is 12.2 Å². The number of benzene rings is 1. The topological polar surface area (TPSA) is 99.2 Å². The SMILES string of the molecule is CCc1noc(-c2cn([C@H]3CCN(C(=O)[C@@H](C)Oc4ccccc4)C3)nn2)n1. The van der Waals surface area contributed by atoms with Crippen molar-refractivity contribution in [3.05, 3.63) is 42.4 Å². The molecule has 146 valence electrons. The van der Waals surface area contributed by atoms with Gasteiger partial charge < -0.3 is 14.2 Å². The molecule has 1 amide bonds. The number of rotatable bonds is 6. The second-order valence-electron chi connectivity index (χ2n) is 6.75. The summed E-state index contributed by atoms with van der Waals surface area (Å²) in [5.41, 5.74) is 0.540. The first-order chi connectivity index (χ1) is 13.6. The number of aromatic nitrogens is 5. The molecule has 0 N–H and O–H groups in total. The highest BCUT2D eigenvalue weighted by atomic mass is 16.5. The first-order valence-electron chi connectivity index (χ1n) is 9.39. The minimum absolute atomic E-state index is 0.0313. The summed E-state index contributed by atoms with van der Waals surface area (Å²) in [5.74, 6) is 1.65. The van der Waals surface area contributed by atoms with E-state index in [0.29, 0.717) is 42.7 Å². The van der Waals surface area contributed by atoms with Gasteiger partial charge in [-0.05, 0) is 25.5 Å². The molecule has 9 heteroatoms. The number of aryl methyl sites for hydroxylation is 1. The highest BCUT2D eigenvalue weighted by molar-refractivity contribution is 5.81. The molecule has 1 aliphatic rings. The third-order valence-corrected chi connectivity index (χ3v) is 4.77. The van der Waals surface area contributed by atoms with Gasteiger partial charge in [-0.15, -0.1) is 5.10 Å². The maximum absolute atomic E-state index is 12.7. The molecule has 3 heterocycles. The summed E-state index contributed by atoms with van der Waals surface area (Å²) in [4.78, 5) is 18.8. The largest absolute Gasteiger partial charge is 0.481 e. The number of ether oxygens (including phenoxy) is 1. The maximum Gasteiger partial charge on any atom is 0.280 e. The molecule has 1 aromatic carbocycles. The minimum atomic E-state index is -0.543. The van der Waals surface area contributed by atoms with Crippen LogP contribution in [-0.4, -0.2) is 55.1 Å². The molecule has 0 aliphatic carbocycles. The summed E-state index contributed by atoms with van der Waals surface area (Å²) in [7, 11) is 0. The van der Waals surface area contributed by atoms with Crippen LogP contribution in [0.5, 0.6) is 5.75 Å². The van der Waals surface area contributed by atoms with Gasteiger partial charge in [-0.2, -0.15) is 4.98 Å². The Bertz CT molecular complexity index is 938. The van der Waals surface area contributed by atoms with Gasteiger partial charge in [0.15, 0.2) is 17.6 Å². The maximum atomic E-state index is 12.7. The van der Waals surface area contributed by atoms with Gasteiger partial charge in [0.25, 0.3) is 11.8 Å². The van der Waals surface area contributed by atoms with E-state index in [1.807, 2.05) is 42.2 Å². The number of nitrogens with zero attached hydrogens (tertiary/aromatic N) is 6. The summed E-state index contributed by atoms with van der Waals surface area (Å²) in [6.45, 7) is 4.95. The third kappa shape index (κ3) is 3.73. The molecule has 1 saturated heterocycles. The predicted octanol–water partition coefficient (Wildman–Crippen LogP) is 2.13. The molecule has 0 bridgehead atoms. The molecule has 2 aromatic heterocycles. The molecule has 4 rings (SSSR count). The van der Waals surface area contributed by atoms with Crippen molar-refractivity contribution in [3.8, 4) is 17.3 Å². The molecule has 2 atom stereocenters. The average molecular weight is 382 g/mol. The lowest BCUT2D eigenvalue weighted by molar-refractivity contribution is -0.136. The van der Waals surface area contributed by atoms with E-state index in [0.717, 1.165) is 6.42 Å². The number of likely N-dealkylation sites (tertiary alicyclic amines) is 1. The van der Waals surface area contributed by atoms with E-state index in [4.69, 9.17) is 9.26 Å². The van der Waals surface area contributed by atoms with Crippen LogP contribution in [0.4, 0.5) is 0 Å². The van der Waals surface area contributed by atoms with E-state index < -0.39 is 6.10 Å². The van der Waals surface area contributed by atoms with Crippen molar-refractivity contribution < 1.29 is 14.1 Å². The third-order valence-electron chi connectivity index (χ3n) is 4.77. The zero-order valence-electron chi connectivity index (χ0n) is 15.9. The smallest absolute Gasteiger partial charge is 0.280 e. The second kappa shape index (κ2) is 7.79. The zero-order chi connectivity index (χ0) is 19.5. The molecule has 0 unspecified atom stereocenters. The van der Waals surface area contributed by atoms with Crippen LogP contribution >= 0.6 is 0 Å². The number of amides is 1. The first-order valence-corrected chi connectivity index (χ1v) is 9.39. The van der Waals surface area contributed by atoms with Crippen molar-refractivity contribution >= 4 is 5.91 Å². The second-order valence-corrected chi connectivity index (χ2v) is 6.75. The van der Waals surface area contributed by atoms with Crippen LogP contribution in [0.2, 0.25) is 0 Å². The number of carbonyl (C=O) groups is 1. The summed E-state index contributed by atoms with van der Waals surface area (Å²) in [5, 5.41) is 12.2. The molecule has 0 saturated carbocycles. The number of hydrogen-bond donors (Lipinski definition) is 0. The lowest BCUT2D eigenvalue weighted by Crippen LogP contribution is -2.39. The van der Waals surface area contributed by atoms with E-state index in [1.54, 1.807) is 17.8 Å². The van der Waals surface area contributed by atoms with Crippen LogP contribution in [0.15, 0.2) is 41.1 Å².